The van der Waals surface area contributed by atoms with Crippen LogP contribution in [-0.2, 0) is 17.4 Å². The first-order valence-electron chi connectivity index (χ1n) is 10.2. The van der Waals surface area contributed by atoms with Crippen LogP contribution in [0.4, 0.5) is 24.5 Å². The fourth-order valence-electron chi connectivity index (χ4n) is 3.00. The van der Waals surface area contributed by atoms with Crippen LogP contribution in [0.1, 0.15) is 56.6 Å². The lowest BCUT2D eigenvalue weighted by atomic mass is 10.1. The van der Waals surface area contributed by atoms with Gasteiger partial charge in [-0.2, -0.15) is 13.2 Å². The molecule has 2 aromatic carbocycles. The lowest BCUT2D eigenvalue weighted by Gasteiger charge is -2.10. The Morgan fingerprint density at radius 2 is 1.48 bits per heavy atom. The number of halogens is 3. The zero-order valence-corrected chi connectivity index (χ0v) is 16.8. The van der Waals surface area contributed by atoms with Crippen molar-refractivity contribution < 1.29 is 18.0 Å². The van der Waals surface area contributed by atoms with Gasteiger partial charge in [-0.1, -0.05) is 44.7 Å². The standard InChI is InChI=1S/C23H29F3N2O/c1-2-3-4-5-6-7-22(29)28-21-14-12-20(13-15-21)27-17-16-18-8-10-19(11-9-18)23(24,25)26/h8-15,27H,2-7,16-17H2,1H3,(H,28,29). The minimum Gasteiger partial charge on any atom is -0.385 e. The van der Waals surface area contributed by atoms with E-state index in [-0.39, 0.29) is 5.91 Å². The monoisotopic (exact) mass is 406 g/mol. The number of nitrogens with one attached hydrogen (secondary N) is 2. The third-order valence-corrected chi connectivity index (χ3v) is 4.70. The second-order valence-electron chi connectivity index (χ2n) is 7.16. The van der Waals surface area contributed by atoms with Gasteiger partial charge in [0.15, 0.2) is 0 Å². The van der Waals surface area contributed by atoms with E-state index >= 15 is 0 Å². The highest BCUT2D eigenvalue weighted by Gasteiger charge is 2.29. The summed E-state index contributed by atoms with van der Waals surface area (Å²) in [5.74, 6) is 0.0320. The van der Waals surface area contributed by atoms with Gasteiger partial charge in [-0.05, 0) is 54.8 Å². The van der Waals surface area contributed by atoms with Crippen LogP contribution < -0.4 is 10.6 Å². The molecule has 0 aromatic heterocycles. The van der Waals surface area contributed by atoms with Crippen molar-refractivity contribution in [2.24, 2.45) is 0 Å². The van der Waals surface area contributed by atoms with Crippen LogP contribution in [-0.4, -0.2) is 12.5 Å². The molecule has 0 unspecified atom stereocenters. The van der Waals surface area contributed by atoms with Gasteiger partial charge in [0.05, 0.1) is 5.56 Å². The van der Waals surface area contributed by atoms with Crippen molar-refractivity contribution in [3.05, 3.63) is 59.7 Å². The molecule has 6 heteroatoms. The van der Waals surface area contributed by atoms with Gasteiger partial charge in [0.25, 0.3) is 0 Å². The topological polar surface area (TPSA) is 41.1 Å². The molecule has 0 spiro atoms. The van der Waals surface area contributed by atoms with E-state index in [1.807, 2.05) is 24.3 Å². The fourth-order valence-corrected chi connectivity index (χ4v) is 3.00. The van der Waals surface area contributed by atoms with Gasteiger partial charge < -0.3 is 10.6 Å². The molecule has 2 rings (SSSR count). The largest absolute Gasteiger partial charge is 0.416 e. The number of carbonyl (C=O) groups is 1. The number of alkyl halides is 3. The summed E-state index contributed by atoms with van der Waals surface area (Å²) < 4.78 is 37.7. The lowest BCUT2D eigenvalue weighted by molar-refractivity contribution is -0.137. The van der Waals surface area contributed by atoms with E-state index in [1.54, 1.807) is 0 Å². The van der Waals surface area contributed by atoms with E-state index in [0.717, 1.165) is 41.9 Å². The first kappa shape index (κ1) is 22.8. The highest BCUT2D eigenvalue weighted by Crippen LogP contribution is 2.29. The van der Waals surface area contributed by atoms with Gasteiger partial charge in [-0.25, -0.2) is 0 Å². The smallest absolute Gasteiger partial charge is 0.385 e. The molecule has 2 N–H and O–H groups in total. The van der Waals surface area contributed by atoms with E-state index in [0.29, 0.717) is 19.4 Å². The zero-order chi connectivity index (χ0) is 21.1. The summed E-state index contributed by atoms with van der Waals surface area (Å²) in [4.78, 5) is 11.9. The van der Waals surface area contributed by atoms with Crippen molar-refractivity contribution in [1.29, 1.82) is 0 Å². The minimum absolute atomic E-state index is 0.0320. The molecule has 1 amide bonds. The normalized spacial score (nSPS) is 11.3. The molecule has 0 aliphatic heterocycles. The molecule has 158 valence electrons. The molecule has 29 heavy (non-hydrogen) atoms. The molecular weight excluding hydrogens is 377 g/mol. The summed E-state index contributed by atoms with van der Waals surface area (Å²) in [6, 6.07) is 12.7. The molecular formula is C23H29F3N2O. The predicted molar refractivity (Wildman–Crippen MR) is 112 cm³/mol. The number of benzene rings is 2. The van der Waals surface area contributed by atoms with Crippen LogP contribution >= 0.6 is 0 Å². The molecule has 0 bridgehead atoms. The van der Waals surface area contributed by atoms with Gasteiger partial charge in [0, 0.05) is 24.3 Å². The van der Waals surface area contributed by atoms with E-state index < -0.39 is 11.7 Å². The van der Waals surface area contributed by atoms with Crippen LogP contribution in [0, 0.1) is 0 Å². The van der Waals surface area contributed by atoms with Crippen LogP contribution in [0.3, 0.4) is 0 Å². The van der Waals surface area contributed by atoms with Gasteiger partial charge in [0.1, 0.15) is 0 Å². The summed E-state index contributed by atoms with van der Waals surface area (Å²) >= 11 is 0. The van der Waals surface area contributed by atoms with Crippen LogP contribution in [0.25, 0.3) is 0 Å². The quantitative estimate of drug-likeness (QED) is 0.410. The third kappa shape index (κ3) is 8.59. The van der Waals surface area contributed by atoms with Crippen molar-refractivity contribution in [1.82, 2.24) is 0 Å². The maximum Gasteiger partial charge on any atom is 0.416 e. The lowest BCUT2D eigenvalue weighted by Crippen LogP contribution is -2.11. The Balaban J connectivity index is 1.70. The van der Waals surface area contributed by atoms with Crippen molar-refractivity contribution in [2.45, 2.75) is 58.0 Å². The molecule has 0 heterocycles. The average Bonchev–Trinajstić information content (AvgIpc) is 2.69. The summed E-state index contributed by atoms with van der Waals surface area (Å²) in [6.07, 6.45) is 2.44. The average molecular weight is 406 g/mol. The van der Waals surface area contributed by atoms with Crippen LogP contribution in [0.15, 0.2) is 48.5 Å². The number of anilines is 2. The van der Waals surface area contributed by atoms with Crippen LogP contribution in [0.2, 0.25) is 0 Å². The Labute approximate surface area is 170 Å². The number of amides is 1. The summed E-state index contributed by atoms with van der Waals surface area (Å²) in [5, 5.41) is 6.14. The molecule has 0 radical (unpaired) electrons. The number of hydrogen-bond acceptors (Lipinski definition) is 2. The zero-order valence-electron chi connectivity index (χ0n) is 16.8. The number of hydrogen-bond donors (Lipinski definition) is 2. The minimum atomic E-state index is -4.30. The fraction of sp³-hybridized carbons (Fsp3) is 0.435. The molecule has 0 saturated carbocycles. The highest BCUT2D eigenvalue weighted by molar-refractivity contribution is 5.90. The Morgan fingerprint density at radius 3 is 2.10 bits per heavy atom. The maximum absolute atomic E-state index is 12.6. The number of unbranched alkanes of at least 4 members (excludes halogenated alkanes) is 4. The maximum atomic E-state index is 12.6. The van der Waals surface area contributed by atoms with Gasteiger partial charge in [0.2, 0.25) is 5.91 Å². The Morgan fingerprint density at radius 1 is 0.862 bits per heavy atom. The molecule has 2 aromatic rings. The summed E-state index contributed by atoms with van der Waals surface area (Å²) in [5.41, 5.74) is 1.87. The Kier molecular flexibility index (Phi) is 9.03. The first-order valence-corrected chi connectivity index (χ1v) is 10.2. The predicted octanol–water partition coefficient (Wildman–Crippen LogP) is 6.66. The van der Waals surface area contributed by atoms with Crippen molar-refractivity contribution in [3.63, 3.8) is 0 Å². The van der Waals surface area contributed by atoms with Gasteiger partial charge >= 0.3 is 6.18 Å². The third-order valence-electron chi connectivity index (χ3n) is 4.70. The van der Waals surface area contributed by atoms with Crippen molar-refractivity contribution >= 4 is 17.3 Å². The molecule has 0 aliphatic carbocycles. The van der Waals surface area contributed by atoms with E-state index in [9.17, 15) is 18.0 Å². The van der Waals surface area contributed by atoms with Crippen molar-refractivity contribution in [2.75, 3.05) is 17.2 Å². The first-order chi connectivity index (χ1) is 13.9. The molecule has 0 saturated heterocycles. The SMILES string of the molecule is CCCCCCCC(=O)Nc1ccc(NCCc2ccc(C(F)(F)F)cc2)cc1. The summed E-state index contributed by atoms with van der Waals surface area (Å²) in [6.45, 7) is 2.77. The second kappa shape index (κ2) is 11.5. The van der Waals surface area contributed by atoms with E-state index in [2.05, 4.69) is 17.6 Å². The molecule has 0 aliphatic rings. The number of rotatable bonds is 11. The highest BCUT2D eigenvalue weighted by atomic mass is 19.4. The Bertz CT molecular complexity index is 740. The summed E-state index contributed by atoms with van der Waals surface area (Å²) in [7, 11) is 0. The number of carbonyl (C=O) groups excluding carboxylic acids is 1. The molecule has 0 atom stereocenters. The van der Waals surface area contributed by atoms with Gasteiger partial charge in [-0.15, -0.1) is 0 Å². The molecule has 3 nitrogen and oxygen atoms in total. The van der Waals surface area contributed by atoms with E-state index in [1.165, 1.54) is 31.4 Å². The van der Waals surface area contributed by atoms with Crippen LogP contribution in [0.5, 0.6) is 0 Å². The molecule has 0 fully saturated rings. The van der Waals surface area contributed by atoms with E-state index in [4.69, 9.17) is 0 Å². The van der Waals surface area contributed by atoms with Gasteiger partial charge in [-0.3, -0.25) is 4.79 Å². The van der Waals surface area contributed by atoms with Crippen molar-refractivity contribution in [3.8, 4) is 0 Å². The Hall–Kier alpha value is -2.50. The second-order valence-corrected chi connectivity index (χ2v) is 7.16.